The van der Waals surface area contributed by atoms with Crippen LogP contribution in [0.2, 0.25) is 0 Å². The average Bonchev–Trinajstić information content (AvgIpc) is 2.94. The van der Waals surface area contributed by atoms with E-state index in [2.05, 4.69) is 20.2 Å². The molecule has 0 aliphatic rings. The monoisotopic (exact) mass is 284 g/mol. The van der Waals surface area contributed by atoms with Crippen molar-refractivity contribution >= 4 is 0 Å². The summed E-state index contributed by atoms with van der Waals surface area (Å²) in [5.74, 6) is 0.532. The number of hydrogen-bond acceptors (Lipinski definition) is 4. The summed E-state index contributed by atoms with van der Waals surface area (Å²) in [4.78, 5) is 19.3. The Bertz CT molecular complexity index is 870. The molecule has 0 saturated heterocycles. The average molecular weight is 284 g/mol. The Kier molecular flexibility index (Phi) is 2.97. The first-order chi connectivity index (χ1) is 9.95. The topological polar surface area (TPSA) is 81.4 Å². The minimum atomic E-state index is -0.193. The smallest absolute Gasteiger partial charge is 0.251 e. The Hall–Kier alpha value is -2.70. The molecule has 21 heavy (non-hydrogen) atoms. The highest BCUT2D eigenvalue weighted by atomic mass is 16.1. The van der Waals surface area contributed by atoms with Gasteiger partial charge in [-0.15, -0.1) is 0 Å². The fourth-order valence-electron chi connectivity index (χ4n) is 2.39. The molecule has 0 aliphatic heterocycles. The fraction of sp³-hybridized carbons (Fsp3) is 0.286. The normalized spacial score (nSPS) is 11.0. The zero-order valence-corrected chi connectivity index (χ0v) is 12.4. The molecular formula is C14H16N6O. The molecule has 7 heteroatoms. The van der Waals surface area contributed by atoms with Crippen LogP contribution in [-0.4, -0.2) is 29.5 Å². The predicted molar refractivity (Wildman–Crippen MR) is 78.7 cm³/mol. The molecule has 1 N–H and O–H groups in total. The van der Waals surface area contributed by atoms with Gasteiger partial charge in [-0.1, -0.05) is 0 Å². The largest absolute Gasteiger partial charge is 0.306 e. The van der Waals surface area contributed by atoms with E-state index in [1.807, 2.05) is 34.1 Å². The Labute approximate surface area is 121 Å². The number of rotatable bonds is 2. The van der Waals surface area contributed by atoms with Gasteiger partial charge in [-0.3, -0.25) is 14.2 Å². The maximum Gasteiger partial charge on any atom is 0.251 e. The molecule has 0 bridgehead atoms. The van der Waals surface area contributed by atoms with Crippen LogP contribution in [0.3, 0.4) is 0 Å². The molecule has 0 aliphatic carbocycles. The molecule has 108 valence electrons. The van der Waals surface area contributed by atoms with Crippen molar-refractivity contribution in [2.24, 2.45) is 14.1 Å². The van der Waals surface area contributed by atoms with Crippen LogP contribution in [-0.2, 0) is 14.1 Å². The maximum atomic E-state index is 11.9. The highest BCUT2D eigenvalue weighted by Crippen LogP contribution is 2.24. The highest BCUT2D eigenvalue weighted by Gasteiger charge is 2.15. The van der Waals surface area contributed by atoms with Crippen LogP contribution in [0.15, 0.2) is 23.3 Å². The van der Waals surface area contributed by atoms with Crippen molar-refractivity contribution in [1.82, 2.24) is 29.5 Å². The number of nitrogens with one attached hydrogen (secondary N) is 1. The van der Waals surface area contributed by atoms with Crippen molar-refractivity contribution in [3.05, 3.63) is 40.2 Å². The van der Waals surface area contributed by atoms with Gasteiger partial charge >= 0.3 is 0 Å². The van der Waals surface area contributed by atoms with Crippen LogP contribution in [0.25, 0.3) is 22.6 Å². The van der Waals surface area contributed by atoms with Gasteiger partial charge in [0.25, 0.3) is 5.56 Å². The fourth-order valence-corrected chi connectivity index (χ4v) is 2.39. The lowest BCUT2D eigenvalue weighted by atomic mass is 10.1. The van der Waals surface area contributed by atoms with Crippen LogP contribution in [0.4, 0.5) is 0 Å². The van der Waals surface area contributed by atoms with Gasteiger partial charge in [-0.25, -0.2) is 4.98 Å². The number of hydrogen-bond donors (Lipinski definition) is 1. The van der Waals surface area contributed by atoms with E-state index >= 15 is 0 Å². The van der Waals surface area contributed by atoms with E-state index in [1.165, 1.54) is 6.07 Å². The molecule has 0 atom stereocenters. The van der Waals surface area contributed by atoms with Gasteiger partial charge in [-0.2, -0.15) is 10.2 Å². The summed E-state index contributed by atoms with van der Waals surface area (Å²) in [6, 6.07) is 1.47. The standard InChI is InChI=1S/C14H16N6O/c1-8-13(9(2)20(4)18-8)14-16-11(5-12(21)17-14)10-6-15-19(3)7-10/h5-7H,1-4H3,(H,16,17,21). The molecule has 3 rings (SSSR count). The summed E-state index contributed by atoms with van der Waals surface area (Å²) in [7, 11) is 3.70. The van der Waals surface area contributed by atoms with E-state index in [0.717, 1.165) is 22.5 Å². The van der Waals surface area contributed by atoms with Crippen LogP contribution in [0.1, 0.15) is 11.4 Å². The SMILES string of the molecule is Cc1nn(C)c(C)c1-c1nc(-c2cnn(C)c2)cc(=O)[nH]1. The summed E-state index contributed by atoms with van der Waals surface area (Å²) in [6.45, 7) is 3.85. The molecule has 0 spiro atoms. The first-order valence-corrected chi connectivity index (χ1v) is 6.56. The van der Waals surface area contributed by atoms with Crippen molar-refractivity contribution in [2.45, 2.75) is 13.8 Å². The second-order valence-electron chi connectivity index (χ2n) is 5.05. The van der Waals surface area contributed by atoms with E-state index in [1.54, 1.807) is 15.6 Å². The van der Waals surface area contributed by atoms with E-state index in [4.69, 9.17) is 0 Å². The van der Waals surface area contributed by atoms with Gasteiger partial charge < -0.3 is 4.98 Å². The molecule has 0 saturated carbocycles. The third-order valence-corrected chi connectivity index (χ3v) is 3.49. The van der Waals surface area contributed by atoms with Crippen LogP contribution >= 0.6 is 0 Å². The Morgan fingerprint density at radius 3 is 2.57 bits per heavy atom. The second-order valence-corrected chi connectivity index (χ2v) is 5.05. The highest BCUT2D eigenvalue weighted by molar-refractivity contribution is 5.65. The number of aromatic nitrogens is 6. The van der Waals surface area contributed by atoms with Crippen molar-refractivity contribution in [3.63, 3.8) is 0 Å². The van der Waals surface area contributed by atoms with Crippen molar-refractivity contribution < 1.29 is 0 Å². The summed E-state index contributed by atoms with van der Waals surface area (Å²) < 4.78 is 3.46. The number of nitrogens with zero attached hydrogens (tertiary/aromatic N) is 5. The van der Waals surface area contributed by atoms with Crippen molar-refractivity contribution in [1.29, 1.82) is 0 Å². The van der Waals surface area contributed by atoms with Gasteiger partial charge in [-0.05, 0) is 13.8 Å². The van der Waals surface area contributed by atoms with Gasteiger partial charge in [0.2, 0.25) is 0 Å². The molecule has 0 radical (unpaired) electrons. The molecule has 7 nitrogen and oxygen atoms in total. The molecule has 3 heterocycles. The van der Waals surface area contributed by atoms with E-state index in [9.17, 15) is 4.79 Å². The molecule has 3 aromatic heterocycles. The Morgan fingerprint density at radius 1 is 1.24 bits per heavy atom. The zero-order valence-electron chi connectivity index (χ0n) is 12.4. The lowest BCUT2D eigenvalue weighted by Crippen LogP contribution is -2.09. The molecule has 3 aromatic rings. The van der Waals surface area contributed by atoms with Crippen LogP contribution in [0.5, 0.6) is 0 Å². The maximum absolute atomic E-state index is 11.9. The third-order valence-electron chi connectivity index (χ3n) is 3.49. The van der Waals surface area contributed by atoms with Gasteiger partial charge in [0.15, 0.2) is 0 Å². The molecule has 0 aromatic carbocycles. The summed E-state index contributed by atoms with van der Waals surface area (Å²) >= 11 is 0. The van der Waals surface area contributed by atoms with Crippen LogP contribution in [0, 0.1) is 13.8 Å². The van der Waals surface area contributed by atoms with Gasteiger partial charge in [0, 0.05) is 37.6 Å². The first-order valence-electron chi connectivity index (χ1n) is 6.56. The number of aromatic amines is 1. The lowest BCUT2D eigenvalue weighted by Gasteiger charge is -2.03. The zero-order chi connectivity index (χ0) is 15.1. The molecule has 0 amide bonds. The van der Waals surface area contributed by atoms with E-state index in [-0.39, 0.29) is 5.56 Å². The summed E-state index contributed by atoms with van der Waals surface area (Å²) in [5.41, 5.74) is 3.87. The lowest BCUT2D eigenvalue weighted by molar-refractivity contribution is 0.731. The van der Waals surface area contributed by atoms with Gasteiger partial charge in [0.1, 0.15) is 5.82 Å². The minimum Gasteiger partial charge on any atom is -0.306 e. The van der Waals surface area contributed by atoms with Crippen LogP contribution < -0.4 is 5.56 Å². The summed E-state index contributed by atoms with van der Waals surface area (Å²) in [6.07, 6.45) is 3.52. The molecule has 0 fully saturated rings. The van der Waals surface area contributed by atoms with Gasteiger partial charge in [0.05, 0.1) is 23.1 Å². The molecule has 0 unspecified atom stereocenters. The second kappa shape index (κ2) is 4.69. The van der Waals surface area contributed by atoms with E-state index < -0.39 is 0 Å². The number of aryl methyl sites for hydroxylation is 3. The van der Waals surface area contributed by atoms with E-state index in [0.29, 0.717) is 11.5 Å². The molecular weight excluding hydrogens is 268 g/mol. The Morgan fingerprint density at radius 2 is 2.00 bits per heavy atom. The predicted octanol–water partition coefficient (Wildman–Crippen LogP) is 1.19. The summed E-state index contributed by atoms with van der Waals surface area (Å²) in [5, 5.41) is 8.47. The third kappa shape index (κ3) is 2.26. The van der Waals surface area contributed by atoms with Crippen molar-refractivity contribution in [3.8, 4) is 22.6 Å². The first kappa shape index (κ1) is 13.3. The Balaban J connectivity index is 2.21. The minimum absolute atomic E-state index is 0.193. The van der Waals surface area contributed by atoms with Crippen molar-refractivity contribution in [2.75, 3.05) is 0 Å². The quantitative estimate of drug-likeness (QED) is 0.766. The number of H-pyrrole nitrogens is 1.